The van der Waals surface area contributed by atoms with Crippen molar-refractivity contribution in [2.24, 2.45) is 0 Å². The van der Waals surface area contributed by atoms with Crippen LogP contribution in [0.4, 0.5) is 0 Å². The first-order valence-electron chi connectivity index (χ1n) is 11.1. The van der Waals surface area contributed by atoms with E-state index in [1.165, 1.54) is 11.3 Å². The molecule has 0 radical (unpaired) electrons. The van der Waals surface area contributed by atoms with E-state index in [0.29, 0.717) is 22.9 Å². The van der Waals surface area contributed by atoms with Gasteiger partial charge in [-0.1, -0.05) is 12.6 Å². The van der Waals surface area contributed by atoms with Crippen LogP contribution in [0.5, 0.6) is 0 Å². The molecule has 7 nitrogen and oxygen atoms in total. The van der Waals surface area contributed by atoms with E-state index < -0.39 is 6.10 Å². The van der Waals surface area contributed by atoms with Crippen molar-refractivity contribution in [3.05, 3.63) is 77.5 Å². The summed E-state index contributed by atoms with van der Waals surface area (Å²) < 4.78 is 3.65. The molecular formula is C26H26N6O. The monoisotopic (exact) mass is 438 g/mol. The Labute approximate surface area is 193 Å². The number of nitrogens with zero attached hydrogens (tertiary/aromatic N) is 6. The van der Waals surface area contributed by atoms with E-state index in [1.54, 1.807) is 17.9 Å². The first-order valence-corrected chi connectivity index (χ1v) is 11.1. The first-order chi connectivity index (χ1) is 15.9. The van der Waals surface area contributed by atoms with Crippen molar-refractivity contribution in [3.8, 4) is 24.0 Å². The van der Waals surface area contributed by atoms with E-state index in [1.807, 2.05) is 35.8 Å². The summed E-state index contributed by atoms with van der Waals surface area (Å²) in [6.45, 7) is 9.69. The second-order valence-electron chi connectivity index (χ2n) is 8.51. The van der Waals surface area contributed by atoms with Gasteiger partial charge in [0.05, 0.1) is 17.1 Å². The van der Waals surface area contributed by atoms with Gasteiger partial charge in [0.25, 0.3) is 0 Å². The minimum Gasteiger partial charge on any atom is -0.389 e. The highest BCUT2D eigenvalue weighted by Crippen LogP contribution is 2.27. The van der Waals surface area contributed by atoms with Crippen molar-refractivity contribution in [3.63, 3.8) is 0 Å². The summed E-state index contributed by atoms with van der Waals surface area (Å²) >= 11 is 0. The highest BCUT2D eigenvalue weighted by molar-refractivity contribution is 5.78. The van der Waals surface area contributed by atoms with Crippen LogP contribution < -0.4 is 0 Å². The molecule has 4 aromatic rings. The third-order valence-corrected chi connectivity index (χ3v) is 6.15. The number of hydrogen-bond acceptors (Lipinski definition) is 5. The molecule has 0 saturated carbocycles. The average Bonchev–Trinajstić information content (AvgIpc) is 3.51. The van der Waals surface area contributed by atoms with Gasteiger partial charge in [0, 0.05) is 30.0 Å². The molecule has 1 aromatic carbocycles. The fraction of sp³-hybridized carbons (Fsp3) is 0.269. The number of aliphatic hydroxyl groups is 1. The molecule has 166 valence electrons. The van der Waals surface area contributed by atoms with Gasteiger partial charge in [0.1, 0.15) is 17.8 Å². The van der Waals surface area contributed by atoms with E-state index >= 15 is 0 Å². The van der Waals surface area contributed by atoms with Gasteiger partial charge in [-0.2, -0.15) is 5.10 Å². The third-order valence-electron chi connectivity index (χ3n) is 6.15. The molecule has 1 atom stereocenters. The number of likely N-dealkylation sites (tertiary alicyclic amines) is 1. The number of pyridine rings is 1. The smallest absolute Gasteiger partial charge is 0.161 e. The van der Waals surface area contributed by atoms with Gasteiger partial charge in [-0.25, -0.2) is 14.6 Å². The fourth-order valence-corrected chi connectivity index (χ4v) is 4.37. The molecule has 0 aliphatic carbocycles. The standard InChI is InChI=1S/C26H26N6O/c1-5-21-13-18(3)32(29-21)26-22(19(4)33)9-11-25(28-26)31-16-27-23-10-8-20(14-24(23)31)15-30-12-6-7-17(30)2/h1,8-11,13-14,16,19,33H,2,6-7,12,15H2,3-4H3. The Bertz CT molecular complexity index is 1400. The van der Waals surface area contributed by atoms with Crippen molar-refractivity contribution in [1.82, 2.24) is 29.2 Å². The number of aliphatic hydroxyl groups excluding tert-OH is 1. The molecule has 0 bridgehead atoms. The number of imidazole rings is 1. The predicted molar refractivity (Wildman–Crippen MR) is 128 cm³/mol. The Morgan fingerprint density at radius 1 is 1.24 bits per heavy atom. The summed E-state index contributed by atoms with van der Waals surface area (Å²) in [7, 11) is 0. The molecule has 1 aliphatic rings. The van der Waals surface area contributed by atoms with Crippen LogP contribution in [0.2, 0.25) is 0 Å². The van der Waals surface area contributed by atoms with Gasteiger partial charge in [-0.05, 0) is 68.5 Å². The lowest BCUT2D eigenvalue weighted by Crippen LogP contribution is -2.16. The molecule has 0 amide bonds. The molecule has 1 aliphatic heterocycles. The molecule has 3 aromatic heterocycles. The van der Waals surface area contributed by atoms with Crippen LogP contribution in [0.1, 0.15) is 48.4 Å². The number of fused-ring (bicyclic) bond motifs is 1. The normalized spacial score (nSPS) is 14.7. The molecule has 7 heteroatoms. The van der Waals surface area contributed by atoms with Crippen molar-refractivity contribution in [2.45, 2.75) is 39.3 Å². The minimum absolute atomic E-state index is 0.525. The summed E-state index contributed by atoms with van der Waals surface area (Å²) in [5, 5.41) is 14.8. The molecule has 1 fully saturated rings. The second-order valence-corrected chi connectivity index (χ2v) is 8.51. The van der Waals surface area contributed by atoms with Crippen molar-refractivity contribution < 1.29 is 5.11 Å². The fourth-order valence-electron chi connectivity index (χ4n) is 4.37. The summed E-state index contributed by atoms with van der Waals surface area (Å²) in [5.74, 6) is 3.80. The van der Waals surface area contributed by atoms with Gasteiger partial charge in [-0.15, -0.1) is 6.42 Å². The van der Waals surface area contributed by atoms with Gasteiger partial charge >= 0.3 is 0 Å². The molecule has 1 N–H and O–H groups in total. The van der Waals surface area contributed by atoms with Gasteiger partial charge in [0.15, 0.2) is 5.82 Å². The second kappa shape index (κ2) is 8.23. The van der Waals surface area contributed by atoms with E-state index in [2.05, 4.69) is 39.6 Å². The summed E-state index contributed by atoms with van der Waals surface area (Å²) in [6, 6.07) is 11.9. The van der Waals surface area contributed by atoms with Crippen molar-refractivity contribution in [2.75, 3.05) is 6.54 Å². The number of hydrogen-bond donors (Lipinski definition) is 1. The molecule has 33 heavy (non-hydrogen) atoms. The van der Waals surface area contributed by atoms with Crippen LogP contribution in [-0.2, 0) is 6.54 Å². The molecule has 4 heterocycles. The van der Waals surface area contributed by atoms with Crippen molar-refractivity contribution in [1.29, 1.82) is 0 Å². The van der Waals surface area contributed by atoms with E-state index in [-0.39, 0.29) is 0 Å². The molecule has 5 rings (SSSR count). The van der Waals surface area contributed by atoms with Crippen LogP contribution in [-0.4, -0.2) is 40.9 Å². The maximum Gasteiger partial charge on any atom is 0.161 e. The lowest BCUT2D eigenvalue weighted by molar-refractivity contribution is 0.198. The van der Waals surface area contributed by atoms with E-state index in [9.17, 15) is 5.11 Å². The Hall–Kier alpha value is -3.89. The first kappa shape index (κ1) is 21.0. The van der Waals surface area contributed by atoms with E-state index in [4.69, 9.17) is 11.4 Å². The third kappa shape index (κ3) is 3.79. The van der Waals surface area contributed by atoms with Crippen LogP contribution in [0.3, 0.4) is 0 Å². The lowest BCUT2D eigenvalue weighted by atomic mass is 10.1. The molecule has 1 saturated heterocycles. The predicted octanol–water partition coefficient (Wildman–Crippen LogP) is 4.06. The maximum absolute atomic E-state index is 10.4. The summed E-state index contributed by atoms with van der Waals surface area (Å²) in [5.41, 5.74) is 6.31. The summed E-state index contributed by atoms with van der Waals surface area (Å²) in [4.78, 5) is 11.8. The van der Waals surface area contributed by atoms with Crippen LogP contribution in [0.25, 0.3) is 22.7 Å². The SMILES string of the molecule is C#Cc1cc(C)n(-c2nc(-n3cnc4ccc(CN5CCCC5=C)cc43)ccc2C(C)O)n1. The number of benzene rings is 1. The number of aryl methyl sites for hydroxylation is 1. The number of aromatic nitrogens is 5. The molecule has 1 unspecified atom stereocenters. The van der Waals surface area contributed by atoms with Gasteiger partial charge < -0.3 is 10.0 Å². The zero-order chi connectivity index (χ0) is 23.1. The lowest BCUT2D eigenvalue weighted by Gasteiger charge is -2.19. The Morgan fingerprint density at radius 3 is 2.79 bits per heavy atom. The zero-order valence-electron chi connectivity index (χ0n) is 18.9. The van der Waals surface area contributed by atoms with Crippen molar-refractivity contribution >= 4 is 11.0 Å². The van der Waals surface area contributed by atoms with Crippen LogP contribution >= 0.6 is 0 Å². The minimum atomic E-state index is -0.709. The van der Waals surface area contributed by atoms with Crippen LogP contribution in [0, 0.1) is 19.3 Å². The highest BCUT2D eigenvalue weighted by Gasteiger charge is 2.18. The topological polar surface area (TPSA) is 72.0 Å². The Morgan fingerprint density at radius 2 is 2.09 bits per heavy atom. The van der Waals surface area contributed by atoms with Crippen LogP contribution in [0.15, 0.2) is 55.0 Å². The number of allylic oxidation sites excluding steroid dienone is 1. The average molecular weight is 439 g/mol. The zero-order valence-corrected chi connectivity index (χ0v) is 18.9. The number of terminal acetylenes is 1. The maximum atomic E-state index is 10.4. The largest absolute Gasteiger partial charge is 0.389 e. The Kier molecular flexibility index (Phi) is 5.23. The summed E-state index contributed by atoms with van der Waals surface area (Å²) in [6.07, 6.45) is 8.84. The molecule has 0 spiro atoms. The quantitative estimate of drug-likeness (QED) is 0.476. The van der Waals surface area contributed by atoms with Gasteiger partial charge in [-0.3, -0.25) is 4.57 Å². The highest BCUT2D eigenvalue weighted by atomic mass is 16.3. The van der Waals surface area contributed by atoms with E-state index in [0.717, 1.165) is 42.7 Å². The number of rotatable bonds is 5. The van der Waals surface area contributed by atoms with Gasteiger partial charge in [0.2, 0.25) is 0 Å². The molecular weight excluding hydrogens is 412 g/mol. The Balaban J connectivity index is 1.59.